The van der Waals surface area contributed by atoms with Crippen LogP contribution in [0.15, 0.2) is 23.4 Å². The summed E-state index contributed by atoms with van der Waals surface area (Å²) < 4.78 is 0. The first kappa shape index (κ1) is 11.4. The second-order valence-electron chi connectivity index (χ2n) is 3.39. The fourth-order valence-electron chi connectivity index (χ4n) is 1.04. The Hall–Kier alpha value is -1.71. The van der Waals surface area contributed by atoms with E-state index in [0.29, 0.717) is 5.56 Å². The van der Waals surface area contributed by atoms with Crippen molar-refractivity contribution < 1.29 is 4.79 Å². The minimum absolute atomic E-state index is 0.201. The van der Waals surface area contributed by atoms with Gasteiger partial charge in [-0.1, -0.05) is 6.92 Å². The van der Waals surface area contributed by atoms with Crippen LogP contribution < -0.4 is 5.43 Å². The van der Waals surface area contributed by atoms with E-state index in [1.807, 2.05) is 20.8 Å². The van der Waals surface area contributed by atoms with Crippen LogP contribution in [0.1, 0.15) is 36.8 Å². The molecule has 0 saturated carbocycles. The van der Waals surface area contributed by atoms with E-state index in [-0.39, 0.29) is 5.91 Å². The SMILES string of the molecule is CCc1cc(C(=O)NN=C(C)C)ccn1. The highest BCUT2D eigenvalue weighted by molar-refractivity contribution is 5.95. The van der Waals surface area contributed by atoms with Crippen LogP contribution in [0.3, 0.4) is 0 Å². The van der Waals surface area contributed by atoms with Crippen molar-refractivity contribution >= 4 is 11.6 Å². The zero-order valence-corrected chi connectivity index (χ0v) is 9.24. The molecule has 1 amide bonds. The molecular weight excluding hydrogens is 190 g/mol. The Bertz CT molecular complexity index is 381. The fourth-order valence-corrected chi connectivity index (χ4v) is 1.04. The number of hydrogen-bond acceptors (Lipinski definition) is 3. The van der Waals surface area contributed by atoms with Gasteiger partial charge >= 0.3 is 0 Å². The van der Waals surface area contributed by atoms with Gasteiger partial charge in [-0.2, -0.15) is 5.10 Å². The predicted octanol–water partition coefficient (Wildman–Crippen LogP) is 1.77. The van der Waals surface area contributed by atoms with Gasteiger partial charge in [-0.3, -0.25) is 9.78 Å². The number of nitrogens with zero attached hydrogens (tertiary/aromatic N) is 2. The normalized spacial score (nSPS) is 9.53. The molecule has 0 fully saturated rings. The van der Waals surface area contributed by atoms with Gasteiger partial charge in [0.05, 0.1) is 0 Å². The van der Waals surface area contributed by atoms with Crippen molar-refractivity contribution in [3.8, 4) is 0 Å². The second-order valence-corrected chi connectivity index (χ2v) is 3.39. The van der Waals surface area contributed by atoms with Crippen LogP contribution in [0, 0.1) is 0 Å². The van der Waals surface area contributed by atoms with E-state index < -0.39 is 0 Å². The number of aryl methyl sites for hydroxylation is 1. The van der Waals surface area contributed by atoms with Crippen LogP contribution in [-0.2, 0) is 6.42 Å². The number of nitrogens with one attached hydrogen (secondary N) is 1. The number of carbonyl (C=O) groups excluding carboxylic acids is 1. The lowest BCUT2D eigenvalue weighted by Crippen LogP contribution is -2.18. The molecule has 1 rings (SSSR count). The van der Waals surface area contributed by atoms with Gasteiger partial charge < -0.3 is 0 Å². The Morgan fingerprint density at radius 2 is 2.27 bits per heavy atom. The van der Waals surface area contributed by atoms with E-state index >= 15 is 0 Å². The molecule has 15 heavy (non-hydrogen) atoms. The number of aromatic nitrogens is 1. The number of pyridine rings is 1. The third-order valence-corrected chi connectivity index (χ3v) is 1.82. The van der Waals surface area contributed by atoms with Crippen LogP contribution in [0.5, 0.6) is 0 Å². The van der Waals surface area contributed by atoms with E-state index in [9.17, 15) is 4.79 Å². The number of hydrogen-bond donors (Lipinski definition) is 1. The maximum Gasteiger partial charge on any atom is 0.271 e. The standard InChI is InChI=1S/C11H15N3O/c1-4-10-7-9(5-6-12-10)11(15)14-13-8(2)3/h5-7H,4H2,1-3H3,(H,14,15). The predicted molar refractivity (Wildman–Crippen MR) is 59.9 cm³/mol. The molecule has 4 nitrogen and oxygen atoms in total. The van der Waals surface area contributed by atoms with E-state index in [1.54, 1.807) is 18.3 Å². The quantitative estimate of drug-likeness (QED) is 0.604. The molecule has 1 aromatic heterocycles. The molecule has 0 aliphatic heterocycles. The first-order valence-corrected chi connectivity index (χ1v) is 4.89. The number of hydrazone groups is 1. The average molecular weight is 205 g/mol. The summed E-state index contributed by atoms with van der Waals surface area (Å²) >= 11 is 0. The highest BCUT2D eigenvalue weighted by Gasteiger charge is 2.04. The zero-order chi connectivity index (χ0) is 11.3. The topological polar surface area (TPSA) is 54.4 Å². The molecule has 0 spiro atoms. The Morgan fingerprint density at radius 1 is 1.53 bits per heavy atom. The van der Waals surface area contributed by atoms with E-state index in [4.69, 9.17) is 0 Å². The van der Waals surface area contributed by atoms with Crippen LogP contribution in [0.25, 0.3) is 0 Å². The van der Waals surface area contributed by atoms with Crippen molar-refractivity contribution in [2.75, 3.05) is 0 Å². The molecule has 80 valence electrons. The minimum atomic E-state index is -0.201. The summed E-state index contributed by atoms with van der Waals surface area (Å²) in [6.45, 7) is 5.65. The number of rotatable bonds is 3. The van der Waals surface area contributed by atoms with E-state index in [0.717, 1.165) is 17.8 Å². The van der Waals surface area contributed by atoms with Crippen LogP contribution in [0.4, 0.5) is 0 Å². The monoisotopic (exact) mass is 205 g/mol. The van der Waals surface area contributed by atoms with Crippen LogP contribution in [0.2, 0.25) is 0 Å². The van der Waals surface area contributed by atoms with Gasteiger partial charge in [0.25, 0.3) is 5.91 Å². The lowest BCUT2D eigenvalue weighted by atomic mass is 10.2. The smallest absolute Gasteiger partial charge is 0.267 e. The van der Waals surface area contributed by atoms with Crippen LogP contribution >= 0.6 is 0 Å². The third kappa shape index (κ3) is 3.50. The Kier molecular flexibility index (Phi) is 3.97. The molecule has 0 aliphatic carbocycles. The van der Waals surface area contributed by atoms with Crippen molar-refractivity contribution in [1.29, 1.82) is 0 Å². The van der Waals surface area contributed by atoms with Gasteiger partial charge in [0.15, 0.2) is 0 Å². The third-order valence-electron chi connectivity index (χ3n) is 1.82. The summed E-state index contributed by atoms with van der Waals surface area (Å²) in [6, 6.07) is 3.45. The second kappa shape index (κ2) is 5.24. The Labute approximate surface area is 89.4 Å². The van der Waals surface area contributed by atoms with Crippen molar-refractivity contribution in [2.24, 2.45) is 5.10 Å². The van der Waals surface area contributed by atoms with Gasteiger partial charge in [-0.05, 0) is 32.4 Å². The summed E-state index contributed by atoms with van der Waals surface area (Å²) in [4.78, 5) is 15.7. The molecule has 0 aromatic carbocycles. The highest BCUT2D eigenvalue weighted by Crippen LogP contribution is 2.02. The zero-order valence-electron chi connectivity index (χ0n) is 9.24. The van der Waals surface area contributed by atoms with Crippen molar-refractivity contribution in [3.63, 3.8) is 0 Å². The van der Waals surface area contributed by atoms with Crippen molar-refractivity contribution in [2.45, 2.75) is 27.2 Å². The molecule has 1 N–H and O–H groups in total. The largest absolute Gasteiger partial charge is 0.271 e. The summed E-state index contributed by atoms with van der Waals surface area (Å²) in [5, 5.41) is 3.85. The van der Waals surface area contributed by atoms with Gasteiger partial charge in [0.2, 0.25) is 0 Å². The number of amides is 1. The number of carbonyl (C=O) groups is 1. The van der Waals surface area contributed by atoms with Crippen molar-refractivity contribution in [1.82, 2.24) is 10.4 Å². The molecule has 0 bridgehead atoms. The lowest BCUT2D eigenvalue weighted by Gasteiger charge is -2.01. The van der Waals surface area contributed by atoms with E-state index in [1.165, 1.54) is 0 Å². The molecule has 1 aromatic rings. The molecular formula is C11H15N3O. The summed E-state index contributed by atoms with van der Waals surface area (Å²) in [5.41, 5.74) is 4.78. The first-order valence-electron chi connectivity index (χ1n) is 4.89. The fraction of sp³-hybridized carbons (Fsp3) is 0.364. The first-order chi connectivity index (χ1) is 7.13. The van der Waals surface area contributed by atoms with Gasteiger partial charge in [-0.25, -0.2) is 5.43 Å². The molecule has 1 heterocycles. The van der Waals surface area contributed by atoms with Gasteiger partial charge in [-0.15, -0.1) is 0 Å². The Balaban J connectivity index is 2.77. The summed E-state index contributed by atoms with van der Waals surface area (Å²) in [5.74, 6) is -0.201. The average Bonchev–Trinajstić information content (AvgIpc) is 2.26. The molecule has 0 atom stereocenters. The minimum Gasteiger partial charge on any atom is -0.267 e. The molecule has 0 aliphatic rings. The Morgan fingerprint density at radius 3 is 2.87 bits per heavy atom. The highest BCUT2D eigenvalue weighted by atomic mass is 16.2. The molecule has 0 unspecified atom stereocenters. The van der Waals surface area contributed by atoms with Crippen LogP contribution in [-0.4, -0.2) is 16.6 Å². The summed E-state index contributed by atoms with van der Waals surface area (Å²) in [7, 11) is 0. The lowest BCUT2D eigenvalue weighted by molar-refractivity contribution is 0.0954. The molecule has 0 saturated heterocycles. The molecule has 4 heteroatoms. The molecule has 0 radical (unpaired) electrons. The van der Waals surface area contributed by atoms with Gasteiger partial charge in [0, 0.05) is 23.2 Å². The van der Waals surface area contributed by atoms with Crippen molar-refractivity contribution in [3.05, 3.63) is 29.6 Å². The summed E-state index contributed by atoms with van der Waals surface area (Å²) in [6.07, 6.45) is 2.45. The maximum absolute atomic E-state index is 11.6. The maximum atomic E-state index is 11.6. The van der Waals surface area contributed by atoms with Gasteiger partial charge in [0.1, 0.15) is 0 Å². The van der Waals surface area contributed by atoms with E-state index in [2.05, 4.69) is 15.5 Å².